The van der Waals surface area contributed by atoms with Gasteiger partial charge in [0.2, 0.25) is 0 Å². The number of nitrogens with zero attached hydrogens (tertiary/aromatic N) is 3. The Morgan fingerprint density at radius 3 is 2.80 bits per heavy atom. The number of aromatic nitrogens is 3. The summed E-state index contributed by atoms with van der Waals surface area (Å²) >= 11 is 7.72. The van der Waals surface area contributed by atoms with Crippen LogP contribution in [0, 0.1) is 0 Å². The molecule has 7 heteroatoms. The molecule has 1 N–H and O–H groups in total. The second kappa shape index (κ2) is 6.37. The molecule has 0 radical (unpaired) electrons. The fraction of sp³-hybridized carbons (Fsp3) is 0.462. The summed E-state index contributed by atoms with van der Waals surface area (Å²) in [6, 6.07) is 0.0126. The Morgan fingerprint density at radius 2 is 2.25 bits per heavy atom. The van der Waals surface area contributed by atoms with E-state index in [1.165, 1.54) is 4.68 Å². The van der Waals surface area contributed by atoms with E-state index in [-0.39, 0.29) is 22.7 Å². The largest absolute Gasteiger partial charge is 0.373 e. The lowest BCUT2D eigenvalue weighted by atomic mass is 10.2. The van der Waals surface area contributed by atoms with Gasteiger partial charge in [-0.1, -0.05) is 18.5 Å². The maximum Gasteiger partial charge on any atom is 0.287 e. The zero-order valence-electron chi connectivity index (χ0n) is 11.6. The molecule has 0 spiro atoms. The molecule has 0 bridgehead atoms. The summed E-state index contributed by atoms with van der Waals surface area (Å²) < 4.78 is 1.37. The lowest BCUT2D eigenvalue weighted by Gasteiger charge is -2.17. The predicted octanol–water partition coefficient (Wildman–Crippen LogP) is 3.50. The molecule has 20 heavy (non-hydrogen) atoms. The first-order valence-electron chi connectivity index (χ1n) is 6.47. The molecule has 0 aromatic carbocycles. The van der Waals surface area contributed by atoms with E-state index in [0.29, 0.717) is 5.69 Å². The minimum Gasteiger partial charge on any atom is -0.373 e. The van der Waals surface area contributed by atoms with Gasteiger partial charge in [0.15, 0.2) is 0 Å². The van der Waals surface area contributed by atoms with Crippen LogP contribution in [0.15, 0.2) is 22.6 Å². The highest BCUT2D eigenvalue weighted by Crippen LogP contribution is 2.26. The third-order valence-corrected chi connectivity index (χ3v) is 4.17. The molecule has 5 nitrogen and oxygen atoms in total. The summed E-state index contributed by atoms with van der Waals surface area (Å²) in [7, 11) is 0. The van der Waals surface area contributed by atoms with Crippen molar-refractivity contribution in [3.8, 4) is 0 Å². The van der Waals surface area contributed by atoms with E-state index < -0.39 is 0 Å². The van der Waals surface area contributed by atoms with E-state index in [1.54, 1.807) is 23.7 Å². The summed E-state index contributed by atoms with van der Waals surface area (Å²) in [4.78, 5) is 16.4. The molecule has 0 fully saturated rings. The fourth-order valence-corrected chi connectivity index (χ4v) is 2.81. The van der Waals surface area contributed by atoms with Crippen LogP contribution in [0.3, 0.4) is 0 Å². The zero-order valence-corrected chi connectivity index (χ0v) is 13.2. The SMILES string of the molecule is CCC(Nc1cnn(C(C)C)c(=O)c1Cl)c1nccs1. The van der Waals surface area contributed by atoms with Crippen molar-refractivity contribution in [3.05, 3.63) is 38.2 Å². The molecule has 0 saturated carbocycles. The quantitative estimate of drug-likeness (QED) is 0.918. The van der Waals surface area contributed by atoms with Gasteiger partial charge in [-0.05, 0) is 20.3 Å². The van der Waals surface area contributed by atoms with E-state index in [9.17, 15) is 4.79 Å². The topological polar surface area (TPSA) is 59.8 Å². The van der Waals surface area contributed by atoms with Crippen LogP contribution in [0.25, 0.3) is 0 Å². The van der Waals surface area contributed by atoms with Crippen LogP contribution in [0.5, 0.6) is 0 Å². The smallest absolute Gasteiger partial charge is 0.287 e. The molecule has 108 valence electrons. The number of hydrogen-bond acceptors (Lipinski definition) is 5. The van der Waals surface area contributed by atoms with Crippen molar-refractivity contribution in [1.29, 1.82) is 0 Å². The van der Waals surface area contributed by atoms with Crippen LogP contribution < -0.4 is 10.9 Å². The number of nitrogens with one attached hydrogen (secondary N) is 1. The molecule has 0 aliphatic heterocycles. The molecule has 2 aromatic rings. The van der Waals surface area contributed by atoms with Crippen LogP contribution in [0.4, 0.5) is 5.69 Å². The monoisotopic (exact) mass is 312 g/mol. The highest BCUT2D eigenvalue weighted by molar-refractivity contribution is 7.09. The van der Waals surface area contributed by atoms with Crippen LogP contribution in [-0.2, 0) is 0 Å². The van der Waals surface area contributed by atoms with Crippen LogP contribution in [0.1, 0.15) is 44.3 Å². The van der Waals surface area contributed by atoms with E-state index in [2.05, 4.69) is 22.3 Å². The molecule has 0 saturated heterocycles. The van der Waals surface area contributed by atoms with Crippen molar-refractivity contribution >= 4 is 28.6 Å². The highest BCUT2D eigenvalue weighted by atomic mass is 35.5. The first-order valence-corrected chi connectivity index (χ1v) is 7.73. The van der Waals surface area contributed by atoms with Crippen molar-refractivity contribution in [3.63, 3.8) is 0 Å². The molecule has 2 heterocycles. The van der Waals surface area contributed by atoms with Crippen LogP contribution >= 0.6 is 22.9 Å². The van der Waals surface area contributed by atoms with Gasteiger partial charge in [0, 0.05) is 11.6 Å². The standard InChI is InChI=1S/C13H17ClN4OS/c1-4-9(12-15-5-6-20-12)17-10-7-16-18(8(2)3)13(19)11(10)14/h5-9,17H,4H2,1-3H3. The third-order valence-electron chi connectivity index (χ3n) is 2.92. The molecule has 0 aliphatic carbocycles. The molecule has 0 amide bonds. The van der Waals surface area contributed by atoms with Gasteiger partial charge < -0.3 is 5.32 Å². The normalized spacial score (nSPS) is 12.7. The first kappa shape index (κ1) is 15.0. The molecule has 1 atom stereocenters. The van der Waals surface area contributed by atoms with Crippen molar-refractivity contribution in [2.75, 3.05) is 5.32 Å². The maximum atomic E-state index is 12.1. The molecular formula is C13H17ClN4OS. The number of hydrogen-bond donors (Lipinski definition) is 1. The Kier molecular flexibility index (Phi) is 4.77. The highest BCUT2D eigenvalue weighted by Gasteiger charge is 2.16. The van der Waals surface area contributed by atoms with Crippen LogP contribution in [0.2, 0.25) is 5.02 Å². The minimum atomic E-state index is -0.277. The van der Waals surface area contributed by atoms with Gasteiger partial charge in [0.1, 0.15) is 10.0 Å². The van der Waals surface area contributed by atoms with Gasteiger partial charge in [-0.3, -0.25) is 4.79 Å². The van der Waals surface area contributed by atoms with Crippen molar-refractivity contribution < 1.29 is 0 Å². The Bertz CT molecular complexity index is 624. The summed E-state index contributed by atoms with van der Waals surface area (Å²) in [6.45, 7) is 5.83. The van der Waals surface area contributed by atoms with Crippen molar-refractivity contribution in [2.45, 2.75) is 39.3 Å². The third kappa shape index (κ3) is 3.02. The average Bonchev–Trinajstić information content (AvgIpc) is 2.94. The van der Waals surface area contributed by atoms with Gasteiger partial charge in [0.05, 0.1) is 24.0 Å². The molecular weight excluding hydrogens is 296 g/mol. The number of anilines is 1. The van der Waals surface area contributed by atoms with Gasteiger partial charge in [-0.2, -0.15) is 5.10 Å². The van der Waals surface area contributed by atoms with E-state index >= 15 is 0 Å². The van der Waals surface area contributed by atoms with E-state index in [0.717, 1.165) is 11.4 Å². The van der Waals surface area contributed by atoms with Crippen LogP contribution in [-0.4, -0.2) is 14.8 Å². The van der Waals surface area contributed by atoms with Gasteiger partial charge in [-0.25, -0.2) is 9.67 Å². The number of rotatable bonds is 5. The Hall–Kier alpha value is -1.40. The van der Waals surface area contributed by atoms with Crippen molar-refractivity contribution in [1.82, 2.24) is 14.8 Å². The van der Waals surface area contributed by atoms with Gasteiger partial charge >= 0.3 is 0 Å². The van der Waals surface area contributed by atoms with E-state index in [4.69, 9.17) is 11.6 Å². The minimum absolute atomic E-state index is 0.0185. The average molecular weight is 313 g/mol. The summed E-state index contributed by atoms with van der Waals surface area (Å²) in [6.07, 6.45) is 4.21. The van der Waals surface area contributed by atoms with Gasteiger partial charge in [-0.15, -0.1) is 11.3 Å². The Balaban J connectivity index is 2.30. The fourth-order valence-electron chi connectivity index (χ4n) is 1.85. The zero-order chi connectivity index (χ0) is 14.7. The number of halogens is 1. The first-order chi connectivity index (χ1) is 9.54. The van der Waals surface area contributed by atoms with Gasteiger partial charge in [0.25, 0.3) is 5.56 Å². The number of thiazole rings is 1. The molecule has 1 unspecified atom stereocenters. The lowest BCUT2D eigenvalue weighted by Crippen LogP contribution is -2.26. The molecule has 0 aliphatic rings. The molecule has 2 rings (SSSR count). The summed E-state index contributed by atoms with van der Waals surface area (Å²) in [5.74, 6) is 0. The van der Waals surface area contributed by atoms with Crippen molar-refractivity contribution in [2.24, 2.45) is 0 Å². The Labute approximate surface area is 126 Å². The summed E-state index contributed by atoms with van der Waals surface area (Å²) in [5, 5.41) is 10.5. The lowest BCUT2D eigenvalue weighted by molar-refractivity contribution is 0.503. The Morgan fingerprint density at radius 1 is 1.50 bits per heavy atom. The predicted molar refractivity (Wildman–Crippen MR) is 82.7 cm³/mol. The second-order valence-corrected chi connectivity index (χ2v) is 6.00. The summed E-state index contributed by atoms with van der Waals surface area (Å²) in [5.41, 5.74) is 0.274. The maximum absolute atomic E-state index is 12.1. The second-order valence-electron chi connectivity index (χ2n) is 4.69. The van der Waals surface area contributed by atoms with E-state index in [1.807, 2.05) is 19.2 Å². The molecule has 2 aromatic heterocycles.